The number of ether oxygens (including phenoxy) is 1. The third kappa shape index (κ3) is 5.51. The van der Waals surface area contributed by atoms with E-state index in [4.69, 9.17) is 9.15 Å². The molecule has 162 valence electrons. The SMILES string of the molecule is CC(=O)c1ccc(OCc2ccc(C(=O)Nc3cnn(CCc4ccccc4)c3)o2)cc1. The number of Topliss-reactive ketones (excluding diaryl/α,β-unsaturated/α-hetero) is 1. The normalized spacial score (nSPS) is 10.7. The van der Waals surface area contributed by atoms with E-state index in [-0.39, 0.29) is 24.1 Å². The molecule has 32 heavy (non-hydrogen) atoms. The number of carbonyl (C=O) groups excluding carboxylic acids is 2. The lowest BCUT2D eigenvalue weighted by Gasteiger charge is -2.05. The summed E-state index contributed by atoms with van der Waals surface area (Å²) >= 11 is 0. The van der Waals surface area contributed by atoms with Gasteiger partial charge in [-0.05, 0) is 55.3 Å². The van der Waals surface area contributed by atoms with Crippen molar-refractivity contribution in [2.45, 2.75) is 26.5 Å². The Morgan fingerprint density at radius 1 is 1.03 bits per heavy atom. The number of aryl methyl sites for hydroxylation is 2. The lowest BCUT2D eigenvalue weighted by atomic mass is 10.1. The van der Waals surface area contributed by atoms with E-state index in [2.05, 4.69) is 22.5 Å². The fourth-order valence-corrected chi connectivity index (χ4v) is 3.15. The summed E-state index contributed by atoms with van der Waals surface area (Å²) in [5, 5.41) is 7.09. The predicted molar refractivity (Wildman–Crippen MR) is 120 cm³/mol. The third-order valence-electron chi connectivity index (χ3n) is 4.89. The van der Waals surface area contributed by atoms with E-state index >= 15 is 0 Å². The highest BCUT2D eigenvalue weighted by molar-refractivity contribution is 6.02. The molecule has 4 aromatic rings. The minimum atomic E-state index is -0.357. The average molecular weight is 429 g/mol. The van der Waals surface area contributed by atoms with Crippen LogP contribution in [0.25, 0.3) is 0 Å². The van der Waals surface area contributed by atoms with Crippen molar-refractivity contribution in [2.24, 2.45) is 0 Å². The van der Waals surface area contributed by atoms with E-state index in [0.717, 1.165) is 13.0 Å². The second-order valence-corrected chi connectivity index (χ2v) is 7.32. The van der Waals surface area contributed by atoms with E-state index in [1.165, 1.54) is 12.5 Å². The van der Waals surface area contributed by atoms with Crippen LogP contribution in [-0.4, -0.2) is 21.5 Å². The molecule has 0 atom stereocenters. The number of anilines is 1. The number of ketones is 1. The first-order valence-electron chi connectivity index (χ1n) is 10.3. The molecule has 4 rings (SSSR count). The van der Waals surface area contributed by atoms with Crippen LogP contribution in [0, 0.1) is 0 Å². The predicted octanol–water partition coefficient (Wildman–Crippen LogP) is 4.75. The van der Waals surface area contributed by atoms with Crippen LogP contribution in [0.5, 0.6) is 5.75 Å². The number of benzene rings is 2. The van der Waals surface area contributed by atoms with Crippen molar-refractivity contribution in [1.29, 1.82) is 0 Å². The Bertz CT molecular complexity index is 1190. The summed E-state index contributed by atoms with van der Waals surface area (Å²) in [4.78, 5) is 23.8. The molecule has 0 saturated carbocycles. The number of hydrogen-bond donors (Lipinski definition) is 1. The number of aromatic nitrogens is 2. The Morgan fingerprint density at radius 2 is 1.81 bits per heavy atom. The number of amides is 1. The summed E-state index contributed by atoms with van der Waals surface area (Å²) in [5.74, 6) is 0.960. The molecule has 0 bridgehead atoms. The highest BCUT2D eigenvalue weighted by Crippen LogP contribution is 2.17. The fourth-order valence-electron chi connectivity index (χ4n) is 3.15. The van der Waals surface area contributed by atoms with Crippen LogP contribution < -0.4 is 10.1 Å². The van der Waals surface area contributed by atoms with Crippen LogP contribution >= 0.6 is 0 Å². The third-order valence-corrected chi connectivity index (χ3v) is 4.89. The first kappa shape index (κ1) is 21.1. The first-order valence-corrected chi connectivity index (χ1v) is 10.3. The van der Waals surface area contributed by atoms with Gasteiger partial charge in [-0.3, -0.25) is 14.3 Å². The lowest BCUT2D eigenvalue weighted by molar-refractivity contribution is 0.0990. The maximum Gasteiger partial charge on any atom is 0.291 e. The van der Waals surface area contributed by atoms with Crippen molar-refractivity contribution in [3.63, 3.8) is 0 Å². The standard InChI is InChI=1S/C25H23N3O4/c1-18(29)20-7-9-22(10-8-20)31-17-23-11-12-24(32-23)25(30)27-21-15-26-28(16-21)14-13-19-5-3-2-4-6-19/h2-12,15-16H,13-14,17H2,1H3,(H,27,30). The lowest BCUT2D eigenvalue weighted by Crippen LogP contribution is -2.10. The Hall–Kier alpha value is -4.13. The minimum absolute atomic E-state index is 0.0000220. The average Bonchev–Trinajstić information content (AvgIpc) is 3.47. The Balaban J connectivity index is 1.28. The van der Waals surface area contributed by atoms with Gasteiger partial charge in [-0.1, -0.05) is 30.3 Å². The highest BCUT2D eigenvalue weighted by atomic mass is 16.5. The van der Waals surface area contributed by atoms with Crippen molar-refractivity contribution < 1.29 is 18.7 Å². The van der Waals surface area contributed by atoms with Gasteiger partial charge in [0.05, 0.1) is 11.9 Å². The summed E-state index contributed by atoms with van der Waals surface area (Å²) in [5.41, 5.74) is 2.45. The van der Waals surface area contributed by atoms with Crippen LogP contribution in [-0.2, 0) is 19.6 Å². The van der Waals surface area contributed by atoms with Gasteiger partial charge < -0.3 is 14.5 Å². The van der Waals surface area contributed by atoms with Gasteiger partial charge in [0.25, 0.3) is 5.91 Å². The molecule has 0 aliphatic rings. The summed E-state index contributed by atoms with van der Waals surface area (Å²) < 4.78 is 13.0. The smallest absolute Gasteiger partial charge is 0.291 e. The molecule has 1 N–H and O–H groups in total. The molecule has 0 aliphatic carbocycles. The number of carbonyl (C=O) groups is 2. The largest absolute Gasteiger partial charge is 0.486 e. The molecule has 7 heteroatoms. The number of hydrogen-bond acceptors (Lipinski definition) is 5. The molecule has 2 heterocycles. The second-order valence-electron chi connectivity index (χ2n) is 7.32. The molecule has 0 radical (unpaired) electrons. The van der Waals surface area contributed by atoms with Gasteiger partial charge in [-0.15, -0.1) is 0 Å². The Morgan fingerprint density at radius 3 is 2.56 bits per heavy atom. The molecule has 1 amide bonds. The van der Waals surface area contributed by atoms with Crippen LogP contribution in [0.4, 0.5) is 5.69 Å². The van der Waals surface area contributed by atoms with Gasteiger partial charge >= 0.3 is 0 Å². The molecule has 0 unspecified atom stereocenters. The van der Waals surface area contributed by atoms with Crippen molar-refractivity contribution in [3.8, 4) is 5.75 Å². The van der Waals surface area contributed by atoms with E-state index in [9.17, 15) is 9.59 Å². The highest BCUT2D eigenvalue weighted by Gasteiger charge is 2.13. The van der Waals surface area contributed by atoms with Crippen LogP contribution in [0.3, 0.4) is 0 Å². The summed E-state index contributed by atoms with van der Waals surface area (Å²) in [6.45, 7) is 2.40. The Labute approximate surface area is 185 Å². The minimum Gasteiger partial charge on any atom is -0.486 e. The molecular formula is C25H23N3O4. The zero-order valence-electron chi connectivity index (χ0n) is 17.7. The maximum absolute atomic E-state index is 12.5. The second kappa shape index (κ2) is 9.78. The van der Waals surface area contributed by atoms with Gasteiger partial charge in [-0.25, -0.2) is 0 Å². The Kier molecular flexibility index (Phi) is 6.46. The van der Waals surface area contributed by atoms with Gasteiger partial charge in [-0.2, -0.15) is 5.10 Å². The van der Waals surface area contributed by atoms with E-state index in [0.29, 0.717) is 22.8 Å². The zero-order valence-corrected chi connectivity index (χ0v) is 17.7. The number of nitrogens with one attached hydrogen (secondary N) is 1. The molecule has 2 aromatic heterocycles. The maximum atomic E-state index is 12.5. The van der Waals surface area contributed by atoms with Crippen LogP contribution in [0.2, 0.25) is 0 Å². The molecule has 0 aliphatic heterocycles. The van der Waals surface area contributed by atoms with Crippen LogP contribution in [0.1, 0.15) is 39.2 Å². The van der Waals surface area contributed by atoms with E-state index in [1.807, 2.05) is 18.2 Å². The van der Waals surface area contributed by atoms with Crippen molar-refractivity contribution in [1.82, 2.24) is 9.78 Å². The van der Waals surface area contributed by atoms with Crippen molar-refractivity contribution in [2.75, 3.05) is 5.32 Å². The number of nitrogens with zero attached hydrogens (tertiary/aromatic N) is 2. The topological polar surface area (TPSA) is 86.4 Å². The molecule has 0 spiro atoms. The van der Waals surface area contributed by atoms with Gasteiger partial charge in [0.1, 0.15) is 18.1 Å². The molecule has 0 saturated heterocycles. The first-order chi connectivity index (χ1) is 15.6. The monoisotopic (exact) mass is 429 g/mol. The number of furan rings is 1. The molecule has 2 aromatic carbocycles. The van der Waals surface area contributed by atoms with Gasteiger partial charge in [0.15, 0.2) is 11.5 Å². The quantitative estimate of drug-likeness (QED) is 0.388. The summed E-state index contributed by atoms with van der Waals surface area (Å²) in [7, 11) is 0. The van der Waals surface area contributed by atoms with E-state index in [1.54, 1.807) is 53.5 Å². The summed E-state index contributed by atoms with van der Waals surface area (Å²) in [6.07, 6.45) is 4.26. The van der Waals surface area contributed by atoms with Gasteiger partial charge in [0, 0.05) is 18.3 Å². The summed E-state index contributed by atoms with van der Waals surface area (Å²) in [6, 6.07) is 20.3. The molecule has 7 nitrogen and oxygen atoms in total. The molecular weight excluding hydrogens is 406 g/mol. The van der Waals surface area contributed by atoms with Crippen molar-refractivity contribution in [3.05, 3.63) is 102 Å². The van der Waals surface area contributed by atoms with Crippen molar-refractivity contribution >= 4 is 17.4 Å². The van der Waals surface area contributed by atoms with E-state index < -0.39 is 0 Å². The zero-order chi connectivity index (χ0) is 22.3. The molecule has 0 fully saturated rings. The van der Waals surface area contributed by atoms with Crippen LogP contribution in [0.15, 0.2) is 83.5 Å². The fraction of sp³-hybridized carbons (Fsp3) is 0.160. The van der Waals surface area contributed by atoms with Gasteiger partial charge in [0.2, 0.25) is 0 Å². The number of rotatable bonds is 9.